The van der Waals surface area contributed by atoms with Gasteiger partial charge in [0.25, 0.3) is 0 Å². The first-order valence-electron chi connectivity index (χ1n) is 6.13. The summed E-state index contributed by atoms with van der Waals surface area (Å²) in [6.07, 6.45) is 1.44. The van der Waals surface area contributed by atoms with Crippen molar-refractivity contribution in [2.45, 2.75) is 25.1 Å². The minimum absolute atomic E-state index is 0.592. The number of hydrogen-bond acceptors (Lipinski definition) is 4. The molecular weight excluding hydrogens is 252 g/mol. The van der Waals surface area contributed by atoms with E-state index >= 15 is 0 Å². The summed E-state index contributed by atoms with van der Waals surface area (Å²) >= 11 is 6.06. The van der Waals surface area contributed by atoms with Crippen molar-refractivity contribution in [1.82, 2.24) is 10.6 Å². The van der Waals surface area contributed by atoms with Crippen molar-refractivity contribution in [3.63, 3.8) is 0 Å². The zero-order valence-corrected chi connectivity index (χ0v) is 11.3. The zero-order valence-electron chi connectivity index (χ0n) is 10.5. The van der Waals surface area contributed by atoms with Gasteiger partial charge >= 0.3 is 0 Å². The molecule has 100 valence electrons. The second-order valence-corrected chi connectivity index (χ2v) is 5.01. The first-order valence-corrected chi connectivity index (χ1v) is 6.51. The van der Waals surface area contributed by atoms with Gasteiger partial charge in [0.15, 0.2) is 0 Å². The Morgan fingerprint density at radius 1 is 1.44 bits per heavy atom. The van der Waals surface area contributed by atoms with Crippen LogP contribution in [0.15, 0.2) is 18.2 Å². The summed E-state index contributed by atoms with van der Waals surface area (Å²) in [5.41, 5.74) is 0.269. The molecule has 0 bridgehead atoms. The molecule has 1 fully saturated rings. The summed E-state index contributed by atoms with van der Waals surface area (Å²) in [6.45, 7) is 2.28. The Morgan fingerprint density at radius 2 is 2.17 bits per heavy atom. The number of piperidine rings is 1. The Balaban J connectivity index is 1.95. The Hall–Kier alpha value is -0.810. The van der Waals surface area contributed by atoms with Crippen LogP contribution in [0.4, 0.5) is 0 Å². The first kappa shape index (κ1) is 13.6. The average Bonchev–Trinajstić information content (AvgIpc) is 2.38. The lowest BCUT2D eigenvalue weighted by atomic mass is 10.0. The Kier molecular flexibility index (Phi) is 4.45. The van der Waals surface area contributed by atoms with Gasteiger partial charge in [-0.3, -0.25) is 5.32 Å². The zero-order chi connectivity index (χ0) is 13.0. The number of nitrogens with one attached hydrogen (secondary N) is 2. The van der Waals surface area contributed by atoms with Crippen LogP contribution < -0.4 is 15.4 Å². The molecule has 4 nitrogen and oxygen atoms in total. The van der Waals surface area contributed by atoms with Crippen LogP contribution in [0.1, 0.15) is 18.4 Å². The van der Waals surface area contributed by atoms with E-state index in [1.165, 1.54) is 0 Å². The van der Waals surface area contributed by atoms with E-state index in [1.807, 2.05) is 18.2 Å². The van der Waals surface area contributed by atoms with Crippen molar-refractivity contribution >= 4 is 11.6 Å². The highest BCUT2D eigenvalue weighted by atomic mass is 35.5. The highest BCUT2D eigenvalue weighted by molar-refractivity contribution is 6.32. The summed E-state index contributed by atoms with van der Waals surface area (Å²) in [4.78, 5) is 0. The van der Waals surface area contributed by atoms with E-state index in [9.17, 15) is 5.11 Å². The van der Waals surface area contributed by atoms with E-state index in [4.69, 9.17) is 16.3 Å². The topological polar surface area (TPSA) is 53.5 Å². The molecule has 1 heterocycles. The van der Waals surface area contributed by atoms with Crippen LogP contribution in [0.3, 0.4) is 0 Å². The van der Waals surface area contributed by atoms with E-state index < -0.39 is 5.72 Å². The van der Waals surface area contributed by atoms with Crippen LogP contribution in [0.2, 0.25) is 5.02 Å². The van der Waals surface area contributed by atoms with Crippen molar-refractivity contribution in [2.75, 3.05) is 20.2 Å². The van der Waals surface area contributed by atoms with Crippen molar-refractivity contribution in [1.29, 1.82) is 0 Å². The number of rotatable bonds is 4. The van der Waals surface area contributed by atoms with Crippen LogP contribution in [-0.2, 0) is 6.54 Å². The normalized spacial score (nSPS) is 18.6. The van der Waals surface area contributed by atoms with Crippen LogP contribution in [0.25, 0.3) is 0 Å². The molecule has 1 aliphatic rings. The molecule has 0 amide bonds. The minimum Gasteiger partial charge on any atom is -0.495 e. The summed E-state index contributed by atoms with van der Waals surface area (Å²) in [5.74, 6) is 0.668. The maximum Gasteiger partial charge on any atom is 0.137 e. The third kappa shape index (κ3) is 3.36. The summed E-state index contributed by atoms with van der Waals surface area (Å²) in [5, 5.41) is 17.3. The Bertz CT molecular complexity index is 406. The van der Waals surface area contributed by atoms with Crippen molar-refractivity contribution < 1.29 is 9.84 Å². The molecule has 5 heteroatoms. The molecule has 1 aromatic rings. The third-order valence-corrected chi connectivity index (χ3v) is 3.56. The van der Waals surface area contributed by atoms with Crippen molar-refractivity contribution in [2.24, 2.45) is 0 Å². The Morgan fingerprint density at radius 3 is 2.78 bits per heavy atom. The van der Waals surface area contributed by atoms with Crippen molar-refractivity contribution in [3.8, 4) is 5.75 Å². The van der Waals surface area contributed by atoms with Gasteiger partial charge in [0.1, 0.15) is 11.5 Å². The fourth-order valence-corrected chi connectivity index (χ4v) is 2.38. The molecule has 0 aromatic heterocycles. The molecule has 0 saturated carbocycles. The SMILES string of the molecule is COc1ccc(CNC2(O)CCNCC2)cc1Cl. The highest BCUT2D eigenvalue weighted by Gasteiger charge is 2.27. The Labute approximate surface area is 112 Å². The van der Waals surface area contributed by atoms with Crippen molar-refractivity contribution in [3.05, 3.63) is 28.8 Å². The molecule has 18 heavy (non-hydrogen) atoms. The van der Waals surface area contributed by atoms with Gasteiger partial charge < -0.3 is 15.2 Å². The predicted molar refractivity (Wildman–Crippen MR) is 71.9 cm³/mol. The van der Waals surface area contributed by atoms with Crippen LogP contribution in [0, 0.1) is 0 Å². The van der Waals surface area contributed by atoms with Crippen LogP contribution >= 0.6 is 11.6 Å². The molecule has 1 aromatic carbocycles. The van der Waals surface area contributed by atoms with E-state index in [-0.39, 0.29) is 0 Å². The molecular formula is C13H19ClN2O2. The second kappa shape index (κ2) is 5.89. The molecule has 3 N–H and O–H groups in total. The van der Waals surface area contributed by atoms with Gasteiger partial charge in [-0.2, -0.15) is 0 Å². The van der Waals surface area contributed by atoms with Gasteiger partial charge in [-0.05, 0) is 30.8 Å². The monoisotopic (exact) mass is 270 g/mol. The molecule has 0 radical (unpaired) electrons. The molecule has 0 spiro atoms. The first-order chi connectivity index (χ1) is 8.63. The number of hydrogen-bond donors (Lipinski definition) is 3. The number of ether oxygens (including phenoxy) is 1. The summed E-state index contributed by atoms with van der Waals surface area (Å²) in [7, 11) is 1.59. The predicted octanol–water partition coefficient (Wildman–Crippen LogP) is 1.51. The number of methoxy groups -OCH3 is 1. The smallest absolute Gasteiger partial charge is 0.137 e. The average molecular weight is 271 g/mol. The maximum absolute atomic E-state index is 10.3. The minimum atomic E-state index is -0.766. The number of aliphatic hydroxyl groups is 1. The van der Waals surface area contributed by atoms with Gasteiger partial charge in [-0.25, -0.2) is 0 Å². The molecule has 0 atom stereocenters. The fraction of sp³-hybridized carbons (Fsp3) is 0.538. The molecule has 2 rings (SSSR count). The van der Waals surface area contributed by atoms with Gasteiger partial charge in [0, 0.05) is 19.4 Å². The molecule has 1 aliphatic heterocycles. The standard InChI is InChI=1S/C13H19ClN2O2/c1-18-12-3-2-10(8-11(12)14)9-16-13(17)4-6-15-7-5-13/h2-3,8,15-17H,4-7,9H2,1H3. The van der Waals surface area contributed by atoms with E-state index in [0.29, 0.717) is 17.3 Å². The lowest BCUT2D eigenvalue weighted by Gasteiger charge is -2.33. The molecule has 0 unspecified atom stereocenters. The van der Waals surface area contributed by atoms with Gasteiger partial charge in [0.05, 0.1) is 12.1 Å². The fourth-order valence-electron chi connectivity index (χ4n) is 2.10. The van der Waals surface area contributed by atoms with Crippen LogP contribution in [0.5, 0.6) is 5.75 Å². The van der Waals surface area contributed by atoms with E-state index in [2.05, 4.69) is 10.6 Å². The van der Waals surface area contributed by atoms with E-state index in [0.717, 1.165) is 31.5 Å². The van der Waals surface area contributed by atoms with Gasteiger partial charge in [-0.15, -0.1) is 0 Å². The third-order valence-electron chi connectivity index (χ3n) is 3.27. The lowest BCUT2D eigenvalue weighted by Crippen LogP contribution is -2.51. The molecule has 0 aliphatic carbocycles. The largest absolute Gasteiger partial charge is 0.495 e. The quantitative estimate of drug-likeness (QED) is 0.726. The van der Waals surface area contributed by atoms with Gasteiger partial charge in [0.2, 0.25) is 0 Å². The van der Waals surface area contributed by atoms with E-state index in [1.54, 1.807) is 7.11 Å². The number of benzene rings is 1. The second-order valence-electron chi connectivity index (χ2n) is 4.60. The van der Waals surface area contributed by atoms with Gasteiger partial charge in [-0.1, -0.05) is 17.7 Å². The molecule has 1 saturated heterocycles. The maximum atomic E-state index is 10.3. The lowest BCUT2D eigenvalue weighted by molar-refractivity contribution is -0.0236. The summed E-state index contributed by atoms with van der Waals surface area (Å²) < 4.78 is 5.10. The number of halogens is 1. The van der Waals surface area contributed by atoms with Crippen LogP contribution in [-0.4, -0.2) is 31.0 Å². The summed E-state index contributed by atoms with van der Waals surface area (Å²) in [6, 6.07) is 5.64. The highest BCUT2D eigenvalue weighted by Crippen LogP contribution is 2.25.